The van der Waals surface area contributed by atoms with Crippen LogP contribution < -0.4 is 5.73 Å². The van der Waals surface area contributed by atoms with Gasteiger partial charge in [0.1, 0.15) is 0 Å². The van der Waals surface area contributed by atoms with Crippen molar-refractivity contribution in [2.75, 3.05) is 19.8 Å². The number of aryl methyl sites for hydroxylation is 1. The van der Waals surface area contributed by atoms with Gasteiger partial charge in [-0.1, -0.05) is 17.7 Å². The van der Waals surface area contributed by atoms with Gasteiger partial charge in [-0.15, -0.1) is 0 Å². The van der Waals surface area contributed by atoms with Crippen molar-refractivity contribution >= 4 is 11.6 Å². The van der Waals surface area contributed by atoms with E-state index in [2.05, 4.69) is 13.0 Å². The Labute approximate surface area is 102 Å². The van der Waals surface area contributed by atoms with E-state index >= 15 is 0 Å². The Hall–Kier alpha value is -0.570. The third-order valence-electron chi connectivity index (χ3n) is 3.47. The van der Waals surface area contributed by atoms with E-state index in [0.717, 1.165) is 31.1 Å². The summed E-state index contributed by atoms with van der Waals surface area (Å²) in [6.45, 7) is 4.31. The molecule has 1 heterocycles. The van der Waals surface area contributed by atoms with Crippen LogP contribution in [-0.4, -0.2) is 19.8 Å². The molecule has 2 rings (SSSR count). The maximum absolute atomic E-state index is 5.98. The predicted molar refractivity (Wildman–Crippen MR) is 67.0 cm³/mol. The number of benzene rings is 1. The Morgan fingerprint density at radius 2 is 2.31 bits per heavy atom. The molecule has 1 aliphatic heterocycles. The first-order chi connectivity index (χ1) is 7.68. The van der Waals surface area contributed by atoms with E-state index in [-0.39, 0.29) is 5.41 Å². The summed E-state index contributed by atoms with van der Waals surface area (Å²) in [6, 6.07) is 6.04. The standard InChI is InChI=1S/C13H18ClNO/c1-10-7-11(14)3-4-12(10)13(8-15)5-2-6-16-9-13/h3-4,7H,2,5-6,8-9,15H2,1H3. The second-order valence-electron chi connectivity index (χ2n) is 4.60. The highest BCUT2D eigenvalue weighted by Gasteiger charge is 2.34. The van der Waals surface area contributed by atoms with Crippen LogP contribution in [0.5, 0.6) is 0 Å². The molecule has 2 nitrogen and oxygen atoms in total. The number of hydrogen-bond donors (Lipinski definition) is 1. The average Bonchev–Trinajstić information content (AvgIpc) is 2.30. The van der Waals surface area contributed by atoms with Crippen LogP contribution in [0.4, 0.5) is 0 Å². The van der Waals surface area contributed by atoms with Crippen LogP contribution >= 0.6 is 11.6 Å². The molecule has 0 radical (unpaired) electrons. The Kier molecular flexibility index (Phi) is 3.53. The van der Waals surface area contributed by atoms with E-state index in [1.807, 2.05) is 12.1 Å². The van der Waals surface area contributed by atoms with E-state index in [0.29, 0.717) is 6.54 Å². The molecule has 0 aliphatic carbocycles. The topological polar surface area (TPSA) is 35.2 Å². The first-order valence-corrected chi connectivity index (χ1v) is 6.10. The fraction of sp³-hybridized carbons (Fsp3) is 0.538. The minimum atomic E-state index is -0.00702. The van der Waals surface area contributed by atoms with E-state index in [4.69, 9.17) is 22.1 Å². The Morgan fingerprint density at radius 3 is 2.88 bits per heavy atom. The van der Waals surface area contributed by atoms with Gasteiger partial charge in [0.05, 0.1) is 6.61 Å². The lowest BCUT2D eigenvalue weighted by molar-refractivity contribution is 0.0374. The summed E-state index contributed by atoms with van der Waals surface area (Å²) < 4.78 is 5.60. The smallest absolute Gasteiger partial charge is 0.0575 e. The van der Waals surface area contributed by atoms with E-state index in [9.17, 15) is 0 Å². The van der Waals surface area contributed by atoms with E-state index < -0.39 is 0 Å². The van der Waals surface area contributed by atoms with Crippen LogP contribution in [0.3, 0.4) is 0 Å². The highest BCUT2D eigenvalue weighted by atomic mass is 35.5. The van der Waals surface area contributed by atoms with Gasteiger partial charge < -0.3 is 10.5 Å². The monoisotopic (exact) mass is 239 g/mol. The van der Waals surface area contributed by atoms with Gasteiger partial charge in [-0.25, -0.2) is 0 Å². The van der Waals surface area contributed by atoms with Crippen molar-refractivity contribution in [3.8, 4) is 0 Å². The zero-order valence-corrected chi connectivity index (χ0v) is 10.4. The first kappa shape index (κ1) is 11.9. The number of rotatable bonds is 2. The minimum Gasteiger partial charge on any atom is -0.380 e. The quantitative estimate of drug-likeness (QED) is 0.861. The average molecular weight is 240 g/mol. The molecule has 1 fully saturated rings. The van der Waals surface area contributed by atoms with Crippen molar-refractivity contribution in [2.24, 2.45) is 5.73 Å². The normalized spacial score (nSPS) is 25.7. The lowest BCUT2D eigenvalue weighted by Gasteiger charge is -2.37. The molecule has 1 atom stereocenters. The Morgan fingerprint density at radius 1 is 1.50 bits per heavy atom. The van der Waals surface area contributed by atoms with Crippen LogP contribution in [0.15, 0.2) is 18.2 Å². The first-order valence-electron chi connectivity index (χ1n) is 5.72. The highest BCUT2D eigenvalue weighted by Crippen LogP contribution is 2.34. The molecule has 88 valence electrons. The summed E-state index contributed by atoms with van der Waals surface area (Å²) in [4.78, 5) is 0. The maximum atomic E-state index is 5.98. The van der Waals surface area contributed by atoms with Gasteiger partial charge in [-0.3, -0.25) is 0 Å². The fourth-order valence-electron chi connectivity index (χ4n) is 2.56. The van der Waals surface area contributed by atoms with Gasteiger partial charge in [0.15, 0.2) is 0 Å². The van der Waals surface area contributed by atoms with Gasteiger partial charge in [-0.2, -0.15) is 0 Å². The predicted octanol–water partition coefficient (Wildman–Crippen LogP) is 2.66. The Bertz CT molecular complexity index is 372. The number of hydrogen-bond acceptors (Lipinski definition) is 2. The van der Waals surface area contributed by atoms with Crippen LogP contribution in [0.25, 0.3) is 0 Å². The van der Waals surface area contributed by atoms with Crippen molar-refractivity contribution in [1.29, 1.82) is 0 Å². The third kappa shape index (κ3) is 2.10. The summed E-state index contributed by atoms with van der Waals surface area (Å²) in [5.74, 6) is 0. The molecule has 1 saturated heterocycles. The van der Waals surface area contributed by atoms with Crippen LogP contribution in [-0.2, 0) is 10.2 Å². The SMILES string of the molecule is Cc1cc(Cl)ccc1C1(CN)CCCOC1. The molecule has 0 spiro atoms. The molecule has 0 amide bonds. The van der Waals surface area contributed by atoms with Crippen molar-refractivity contribution in [3.63, 3.8) is 0 Å². The Balaban J connectivity index is 2.39. The largest absolute Gasteiger partial charge is 0.380 e. The van der Waals surface area contributed by atoms with Crippen molar-refractivity contribution < 1.29 is 4.74 Å². The molecular formula is C13H18ClNO. The summed E-state index contributed by atoms with van der Waals surface area (Å²) in [5.41, 5.74) is 8.46. The van der Waals surface area contributed by atoms with Crippen LogP contribution in [0.1, 0.15) is 24.0 Å². The lowest BCUT2D eigenvalue weighted by Crippen LogP contribution is -2.43. The lowest BCUT2D eigenvalue weighted by atomic mass is 9.74. The van der Waals surface area contributed by atoms with Gasteiger partial charge in [0.25, 0.3) is 0 Å². The number of nitrogens with two attached hydrogens (primary N) is 1. The maximum Gasteiger partial charge on any atom is 0.0575 e. The second kappa shape index (κ2) is 4.74. The summed E-state index contributed by atoms with van der Waals surface area (Å²) in [6.07, 6.45) is 2.19. The molecule has 1 aromatic carbocycles. The minimum absolute atomic E-state index is 0.00702. The molecule has 16 heavy (non-hydrogen) atoms. The molecule has 2 N–H and O–H groups in total. The van der Waals surface area contributed by atoms with E-state index in [1.54, 1.807) is 0 Å². The molecule has 0 saturated carbocycles. The highest BCUT2D eigenvalue weighted by molar-refractivity contribution is 6.30. The molecule has 1 unspecified atom stereocenters. The van der Waals surface area contributed by atoms with Crippen LogP contribution in [0.2, 0.25) is 5.02 Å². The van der Waals surface area contributed by atoms with Gasteiger partial charge >= 0.3 is 0 Å². The number of halogens is 1. The zero-order chi connectivity index (χ0) is 11.6. The van der Waals surface area contributed by atoms with Crippen molar-refractivity contribution in [2.45, 2.75) is 25.2 Å². The molecule has 0 aromatic heterocycles. The van der Waals surface area contributed by atoms with Gasteiger partial charge in [-0.05, 0) is 43.0 Å². The summed E-state index contributed by atoms with van der Waals surface area (Å²) >= 11 is 5.98. The summed E-state index contributed by atoms with van der Waals surface area (Å²) in [7, 11) is 0. The molecular weight excluding hydrogens is 222 g/mol. The third-order valence-corrected chi connectivity index (χ3v) is 3.71. The molecule has 0 bridgehead atoms. The van der Waals surface area contributed by atoms with Crippen molar-refractivity contribution in [1.82, 2.24) is 0 Å². The molecule has 3 heteroatoms. The molecule has 1 aliphatic rings. The zero-order valence-electron chi connectivity index (χ0n) is 9.63. The molecule has 1 aromatic rings. The number of ether oxygens (including phenoxy) is 1. The van der Waals surface area contributed by atoms with Crippen molar-refractivity contribution in [3.05, 3.63) is 34.3 Å². The van der Waals surface area contributed by atoms with Crippen LogP contribution in [0, 0.1) is 6.92 Å². The van der Waals surface area contributed by atoms with Gasteiger partial charge in [0.2, 0.25) is 0 Å². The summed E-state index contributed by atoms with van der Waals surface area (Å²) in [5, 5.41) is 0.783. The fourth-order valence-corrected chi connectivity index (χ4v) is 2.78. The van der Waals surface area contributed by atoms with Gasteiger partial charge in [0, 0.05) is 23.6 Å². The van der Waals surface area contributed by atoms with E-state index in [1.165, 1.54) is 11.1 Å². The second-order valence-corrected chi connectivity index (χ2v) is 5.04.